The molecule has 2 aromatic carbocycles. The van der Waals surface area contributed by atoms with Gasteiger partial charge in [-0.15, -0.1) is 0 Å². The summed E-state index contributed by atoms with van der Waals surface area (Å²) in [5, 5.41) is 10.2. The number of nitrogens with zero attached hydrogens (tertiary/aromatic N) is 3. The Morgan fingerprint density at radius 2 is 1.77 bits per heavy atom. The zero-order chi connectivity index (χ0) is 21.1. The smallest absolute Gasteiger partial charge is 0.323 e. The summed E-state index contributed by atoms with van der Waals surface area (Å²) in [5.74, 6) is 0.741. The summed E-state index contributed by atoms with van der Waals surface area (Å²) in [6.45, 7) is 2.04. The van der Waals surface area contributed by atoms with Crippen LogP contribution in [0.3, 0.4) is 0 Å². The number of hydrogen-bond acceptors (Lipinski definition) is 4. The fourth-order valence-corrected chi connectivity index (χ4v) is 4.26. The summed E-state index contributed by atoms with van der Waals surface area (Å²) < 4.78 is 7.90. The molecule has 4 rings (SSSR count). The number of urea groups is 1. The van der Waals surface area contributed by atoms with Gasteiger partial charge in [0.15, 0.2) is 0 Å². The number of aryl methyl sites for hydroxylation is 1. The Balaban J connectivity index is 1.60. The van der Waals surface area contributed by atoms with Crippen LogP contribution < -0.4 is 20.3 Å². The van der Waals surface area contributed by atoms with E-state index in [1.165, 1.54) is 12.8 Å². The fourth-order valence-electron chi connectivity index (χ4n) is 3.68. The molecule has 0 atom stereocenters. The molecular formula is C22H24BrN5O2. The molecule has 30 heavy (non-hydrogen) atoms. The highest BCUT2D eigenvalue weighted by Crippen LogP contribution is 2.34. The summed E-state index contributed by atoms with van der Waals surface area (Å²) in [5.41, 5.74) is 4.48. The summed E-state index contributed by atoms with van der Waals surface area (Å²) in [7, 11) is 3.52. The molecule has 7 nitrogen and oxygen atoms in total. The maximum absolute atomic E-state index is 12.6. The minimum Gasteiger partial charge on any atom is -0.497 e. The van der Waals surface area contributed by atoms with Gasteiger partial charge in [-0.2, -0.15) is 5.10 Å². The Hall–Kier alpha value is -3.00. The van der Waals surface area contributed by atoms with Crippen LogP contribution in [0.15, 0.2) is 53.1 Å². The first kappa shape index (κ1) is 20.3. The molecule has 2 N–H and O–H groups in total. The summed E-state index contributed by atoms with van der Waals surface area (Å²) in [6.07, 6.45) is 4.14. The number of anilines is 3. The summed E-state index contributed by atoms with van der Waals surface area (Å²) >= 11 is 3.59. The van der Waals surface area contributed by atoms with Crippen molar-refractivity contribution in [2.45, 2.75) is 12.8 Å². The van der Waals surface area contributed by atoms with Crippen LogP contribution in [0.1, 0.15) is 12.8 Å². The second-order valence-corrected chi connectivity index (χ2v) is 8.09. The zero-order valence-electron chi connectivity index (χ0n) is 17.0. The highest BCUT2D eigenvalue weighted by Gasteiger charge is 2.17. The van der Waals surface area contributed by atoms with Crippen LogP contribution in [0.4, 0.5) is 21.9 Å². The van der Waals surface area contributed by atoms with Gasteiger partial charge >= 0.3 is 6.03 Å². The van der Waals surface area contributed by atoms with Crippen LogP contribution in [0, 0.1) is 0 Å². The monoisotopic (exact) mass is 469 g/mol. The van der Waals surface area contributed by atoms with Gasteiger partial charge in [0.2, 0.25) is 0 Å². The minimum absolute atomic E-state index is 0.297. The Labute approximate surface area is 184 Å². The van der Waals surface area contributed by atoms with E-state index in [2.05, 4.69) is 42.6 Å². The number of ether oxygens (including phenoxy) is 1. The Morgan fingerprint density at radius 1 is 1.07 bits per heavy atom. The second-order valence-electron chi connectivity index (χ2n) is 7.24. The van der Waals surface area contributed by atoms with Crippen molar-refractivity contribution in [2.75, 3.05) is 35.7 Å². The number of carbonyl (C=O) groups excluding carboxylic acids is 1. The number of aromatic nitrogens is 2. The lowest BCUT2D eigenvalue weighted by Gasteiger charge is -2.20. The Morgan fingerprint density at radius 3 is 2.40 bits per heavy atom. The molecule has 0 spiro atoms. The van der Waals surface area contributed by atoms with E-state index < -0.39 is 0 Å². The van der Waals surface area contributed by atoms with Crippen molar-refractivity contribution in [3.8, 4) is 17.0 Å². The molecule has 0 aliphatic carbocycles. The van der Waals surface area contributed by atoms with Crippen LogP contribution in [-0.2, 0) is 7.05 Å². The molecule has 3 aromatic rings. The standard InChI is InChI=1S/C22H24BrN5O2/c1-27-21(20(23)14-24-27)15-11-17(13-18(12-15)28-9-3-4-10-28)26-22(29)25-16-5-7-19(30-2)8-6-16/h5-8,11-14H,3-4,9-10H2,1-2H3,(H2,25,26,29). The average molecular weight is 470 g/mol. The molecule has 1 aromatic heterocycles. The molecule has 8 heteroatoms. The second kappa shape index (κ2) is 8.79. The van der Waals surface area contributed by atoms with E-state index in [-0.39, 0.29) is 6.03 Å². The van der Waals surface area contributed by atoms with E-state index in [1.54, 1.807) is 25.4 Å². The number of hydrogen-bond donors (Lipinski definition) is 2. The van der Waals surface area contributed by atoms with E-state index in [4.69, 9.17) is 4.74 Å². The maximum Gasteiger partial charge on any atom is 0.323 e. The van der Waals surface area contributed by atoms with Gasteiger partial charge in [-0.1, -0.05) is 0 Å². The molecule has 0 radical (unpaired) electrons. The molecule has 1 saturated heterocycles. The predicted octanol–water partition coefficient (Wildman–Crippen LogP) is 5.10. The van der Waals surface area contributed by atoms with Crippen LogP contribution in [0.5, 0.6) is 5.75 Å². The molecule has 2 heterocycles. The van der Waals surface area contributed by atoms with E-state index >= 15 is 0 Å². The first-order valence-electron chi connectivity index (χ1n) is 9.83. The van der Waals surface area contributed by atoms with Crippen LogP contribution in [-0.4, -0.2) is 36.0 Å². The molecule has 156 valence electrons. The molecule has 0 bridgehead atoms. The van der Waals surface area contributed by atoms with Crippen molar-refractivity contribution in [3.63, 3.8) is 0 Å². The van der Waals surface area contributed by atoms with Crippen molar-refractivity contribution >= 4 is 39.0 Å². The van der Waals surface area contributed by atoms with Crippen molar-refractivity contribution in [1.29, 1.82) is 0 Å². The molecular weight excluding hydrogens is 446 g/mol. The number of nitrogens with one attached hydrogen (secondary N) is 2. The maximum atomic E-state index is 12.6. The van der Waals surface area contributed by atoms with Crippen molar-refractivity contribution < 1.29 is 9.53 Å². The molecule has 1 aliphatic rings. The highest BCUT2D eigenvalue weighted by molar-refractivity contribution is 9.10. The topological polar surface area (TPSA) is 71.4 Å². The number of methoxy groups -OCH3 is 1. The molecule has 0 saturated carbocycles. The minimum atomic E-state index is -0.297. The van der Waals surface area contributed by atoms with Gasteiger partial charge in [-0.25, -0.2) is 4.79 Å². The van der Waals surface area contributed by atoms with Crippen molar-refractivity contribution in [1.82, 2.24) is 9.78 Å². The third-order valence-electron chi connectivity index (χ3n) is 5.16. The molecule has 2 amide bonds. The largest absolute Gasteiger partial charge is 0.497 e. The van der Waals surface area contributed by atoms with Gasteiger partial charge in [0.05, 0.1) is 23.5 Å². The van der Waals surface area contributed by atoms with E-state index in [0.717, 1.165) is 45.9 Å². The van der Waals surface area contributed by atoms with E-state index in [0.29, 0.717) is 5.69 Å². The first-order chi connectivity index (χ1) is 14.5. The van der Waals surface area contributed by atoms with Crippen LogP contribution in [0.2, 0.25) is 0 Å². The number of amides is 2. The average Bonchev–Trinajstić information content (AvgIpc) is 3.38. The Bertz CT molecular complexity index is 1020. The lowest BCUT2D eigenvalue weighted by atomic mass is 10.1. The fraction of sp³-hybridized carbons (Fsp3) is 0.273. The lowest BCUT2D eigenvalue weighted by Crippen LogP contribution is -2.21. The zero-order valence-corrected chi connectivity index (χ0v) is 18.6. The third-order valence-corrected chi connectivity index (χ3v) is 5.74. The van der Waals surface area contributed by atoms with Gasteiger partial charge in [-0.3, -0.25) is 4.68 Å². The number of halogens is 1. The van der Waals surface area contributed by atoms with Gasteiger partial charge in [-0.05, 0) is 71.2 Å². The molecule has 0 unspecified atom stereocenters. The summed E-state index contributed by atoms with van der Waals surface area (Å²) in [4.78, 5) is 15.0. The lowest BCUT2D eigenvalue weighted by molar-refractivity contribution is 0.262. The Kier molecular flexibility index (Phi) is 5.94. The molecule has 1 aliphatic heterocycles. The van der Waals surface area contributed by atoms with Crippen LogP contribution >= 0.6 is 15.9 Å². The van der Waals surface area contributed by atoms with E-state index in [9.17, 15) is 4.79 Å². The van der Waals surface area contributed by atoms with Crippen LogP contribution in [0.25, 0.3) is 11.3 Å². The number of rotatable bonds is 5. The highest BCUT2D eigenvalue weighted by atomic mass is 79.9. The number of carbonyl (C=O) groups is 1. The predicted molar refractivity (Wildman–Crippen MR) is 123 cm³/mol. The third kappa shape index (κ3) is 4.43. The van der Waals surface area contributed by atoms with Crippen molar-refractivity contribution in [3.05, 3.63) is 53.1 Å². The SMILES string of the molecule is COc1ccc(NC(=O)Nc2cc(-c3c(Br)cnn3C)cc(N3CCCC3)c2)cc1. The summed E-state index contributed by atoms with van der Waals surface area (Å²) in [6, 6.07) is 13.1. The van der Waals surface area contributed by atoms with Gasteiger partial charge in [0.25, 0.3) is 0 Å². The quantitative estimate of drug-likeness (QED) is 0.544. The van der Waals surface area contributed by atoms with E-state index in [1.807, 2.05) is 36.0 Å². The van der Waals surface area contributed by atoms with Gasteiger partial charge in [0, 0.05) is 42.8 Å². The van der Waals surface area contributed by atoms with Gasteiger partial charge in [0.1, 0.15) is 5.75 Å². The first-order valence-corrected chi connectivity index (χ1v) is 10.6. The molecule has 1 fully saturated rings. The van der Waals surface area contributed by atoms with Crippen molar-refractivity contribution in [2.24, 2.45) is 7.05 Å². The van der Waals surface area contributed by atoms with Gasteiger partial charge < -0.3 is 20.3 Å². The number of benzene rings is 2. The normalized spacial score (nSPS) is 13.4.